The summed E-state index contributed by atoms with van der Waals surface area (Å²) in [6.45, 7) is 5.05. The van der Waals surface area contributed by atoms with Crippen LogP contribution in [0.15, 0.2) is 18.2 Å². The molecule has 1 aliphatic rings. The highest BCUT2D eigenvalue weighted by Gasteiger charge is 2.20. The van der Waals surface area contributed by atoms with Crippen molar-refractivity contribution < 1.29 is 0 Å². The van der Waals surface area contributed by atoms with E-state index < -0.39 is 0 Å². The van der Waals surface area contributed by atoms with E-state index in [1.807, 2.05) is 18.2 Å². The van der Waals surface area contributed by atoms with E-state index >= 15 is 0 Å². The minimum absolute atomic E-state index is 0.272. The van der Waals surface area contributed by atoms with Crippen molar-refractivity contribution in [1.82, 2.24) is 10.2 Å². The van der Waals surface area contributed by atoms with Crippen LogP contribution in [0.2, 0.25) is 10.0 Å². The number of hydrogen-bond donors (Lipinski definition) is 1. The Hall–Kier alpha value is -0.720. The lowest BCUT2D eigenvalue weighted by atomic mass is 10.0. The number of halogens is 2. The van der Waals surface area contributed by atoms with Crippen LogP contribution in [0.25, 0.3) is 0 Å². The average molecular weight is 311 g/mol. The number of likely N-dealkylation sites (tertiary alicyclic amines) is 1. The number of benzene rings is 1. The molecule has 20 heavy (non-hydrogen) atoms. The fourth-order valence-corrected chi connectivity index (χ4v) is 2.92. The summed E-state index contributed by atoms with van der Waals surface area (Å²) in [5.74, 6) is 2.71. The summed E-state index contributed by atoms with van der Waals surface area (Å²) in [5.41, 5.74) is 1.17. The van der Waals surface area contributed by atoms with Gasteiger partial charge in [0.2, 0.25) is 0 Å². The molecule has 1 aromatic rings. The predicted molar refractivity (Wildman–Crippen MR) is 86.3 cm³/mol. The summed E-state index contributed by atoms with van der Waals surface area (Å²) in [6.07, 6.45) is 7.61. The lowest BCUT2D eigenvalue weighted by Gasteiger charge is -2.33. The maximum absolute atomic E-state index is 6.07. The third-order valence-electron chi connectivity index (χ3n) is 3.83. The summed E-state index contributed by atoms with van der Waals surface area (Å²) >= 11 is 12.0. The van der Waals surface area contributed by atoms with Gasteiger partial charge in [0, 0.05) is 25.2 Å². The molecule has 1 aliphatic heterocycles. The summed E-state index contributed by atoms with van der Waals surface area (Å²) in [4.78, 5) is 2.32. The SMILES string of the molecule is C#CCN1CCC(NC(C)c2ccc(Cl)c(Cl)c2)CC1. The molecule has 1 atom stereocenters. The molecule has 1 heterocycles. The molecular weight excluding hydrogens is 291 g/mol. The monoisotopic (exact) mass is 310 g/mol. The van der Waals surface area contributed by atoms with Gasteiger partial charge in [-0.2, -0.15) is 0 Å². The molecule has 1 unspecified atom stereocenters. The summed E-state index contributed by atoms with van der Waals surface area (Å²) in [7, 11) is 0. The molecule has 4 heteroatoms. The van der Waals surface area contributed by atoms with Crippen molar-refractivity contribution in [3.05, 3.63) is 33.8 Å². The van der Waals surface area contributed by atoms with Crippen LogP contribution >= 0.6 is 23.2 Å². The van der Waals surface area contributed by atoms with Gasteiger partial charge >= 0.3 is 0 Å². The largest absolute Gasteiger partial charge is 0.307 e. The van der Waals surface area contributed by atoms with Crippen LogP contribution < -0.4 is 5.32 Å². The van der Waals surface area contributed by atoms with Crippen LogP contribution in [0, 0.1) is 12.3 Å². The van der Waals surface area contributed by atoms with E-state index in [0.29, 0.717) is 16.1 Å². The molecule has 2 nitrogen and oxygen atoms in total. The Morgan fingerprint density at radius 2 is 2.05 bits per heavy atom. The standard InChI is InChI=1S/C16H20Cl2N2/c1-3-8-20-9-6-14(7-10-20)19-12(2)13-4-5-15(17)16(18)11-13/h1,4-5,11-12,14,19H,6-10H2,2H3. The fourth-order valence-electron chi connectivity index (χ4n) is 2.62. The van der Waals surface area contributed by atoms with Gasteiger partial charge < -0.3 is 5.32 Å². The van der Waals surface area contributed by atoms with E-state index in [-0.39, 0.29) is 6.04 Å². The quantitative estimate of drug-likeness (QED) is 0.852. The molecule has 0 spiro atoms. The van der Waals surface area contributed by atoms with Crippen molar-refractivity contribution in [2.75, 3.05) is 19.6 Å². The van der Waals surface area contributed by atoms with Crippen LogP contribution in [0.5, 0.6) is 0 Å². The summed E-state index contributed by atoms with van der Waals surface area (Å²) < 4.78 is 0. The van der Waals surface area contributed by atoms with E-state index in [2.05, 4.69) is 23.1 Å². The first-order chi connectivity index (χ1) is 9.60. The molecule has 0 aromatic heterocycles. The Balaban J connectivity index is 1.87. The van der Waals surface area contributed by atoms with Crippen molar-refractivity contribution in [1.29, 1.82) is 0 Å². The Labute approximate surface area is 131 Å². The van der Waals surface area contributed by atoms with E-state index in [4.69, 9.17) is 29.6 Å². The highest BCUT2D eigenvalue weighted by molar-refractivity contribution is 6.42. The van der Waals surface area contributed by atoms with Crippen molar-refractivity contribution in [3.63, 3.8) is 0 Å². The van der Waals surface area contributed by atoms with E-state index in [1.165, 1.54) is 5.56 Å². The fraction of sp³-hybridized carbons (Fsp3) is 0.500. The lowest BCUT2D eigenvalue weighted by Crippen LogP contribution is -2.43. The minimum Gasteiger partial charge on any atom is -0.307 e. The Morgan fingerprint density at radius 3 is 2.65 bits per heavy atom. The number of piperidine rings is 1. The number of nitrogens with zero attached hydrogens (tertiary/aromatic N) is 1. The van der Waals surface area contributed by atoms with Crippen LogP contribution in [0.3, 0.4) is 0 Å². The molecule has 108 valence electrons. The molecule has 1 fully saturated rings. The smallest absolute Gasteiger partial charge is 0.0598 e. The Morgan fingerprint density at radius 1 is 1.35 bits per heavy atom. The van der Waals surface area contributed by atoms with Gasteiger partial charge in [-0.15, -0.1) is 6.42 Å². The van der Waals surface area contributed by atoms with Crippen LogP contribution in [-0.2, 0) is 0 Å². The molecule has 1 N–H and O–H groups in total. The highest BCUT2D eigenvalue weighted by atomic mass is 35.5. The molecule has 0 aliphatic carbocycles. The second-order valence-corrected chi connectivity index (χ2v) is 6.13. The molecule has 0 amide bonds. The van der Waals surface area contributed by atoms with Crippen LogP contribution in [0.4, 0.5) is 0 Å². The van der Waals surface area contributed by atoms with Gasteiger partial charge in [0.1, 0.15) is 0 Å². The van der Waals surface area contributed by atoms with Gasteiger partial charge in [0.05, 0.1) is 16.6 Å². The maximum Gasteiger partial charge on any atom is 0.0598 e. The second-order valence-electron chi connectivity index (χ2n) is 5.32. The zero-order chi connectivity index (χ0) is 14.5. The van der Waals surface area contributed by atoms with Crippen LogP contribution in [-0.4, -0.2) is 30.6 Å². The van der Waals surface area contributed by atoms with Gasteiger partial charge in [-0.3, -0.25) is 4.90 Å². The van der Waals surface area contributed by atoms with Crippen LogP contribution in [0.1, 0.15) is 31.4 Å². The Kier molecular flexibility index (Phi) is 5.74. The molecule has 0 bridgehead atoms. The maximum atomic E-state index is 6.07. The average Bonchev–Trinajstić information content (AvgIpc) is 2.44. The highest BCUT2D eigenvalue weighted by Crippen LogP contribution is 2.26. The van der Waals surface area contributed by atoms with Gasteiger partial charge in [-0.05, 0) is 37.5 Å². The third-order valence-corrected chi connectivity index (χ3v) is 4.57. The first-order valence-electron chi connectivity index (χ1n) is 6.97. The molecule has 1 aromatic carbocycles. The van der Waals surface area contributed by atoms with E-state index in [1.54, 1.807) is 0 Å². The summed E-state index contributed by atoms with van der Waals surface area (Å²) in [5, 5.41) is 4.88. The molecule has 0 saturated carbocycles. The lowest BCUT2D eigenvalue weighted by molar-refractivity contribution is 0.211. The van der Waals surface area contributed by atoms with Crippen molar-refractivity contribution in [2.24, 2.45) is 0 Å². The molecule has 0 radical (unpaired) electrons. The third kappa shape index (κ3) is 4.14. The molecular formula is C16H20Cl2N2. The molecule has 1 saturated heterocycles. The van der Waals surface area contributed by atoms with Crippen molar-refractivity contribution in [2.45, 2.75) is 31.8 Å². The van der Waals surface area contributed by atoms with Gasteiger partial charge in [0.25, 0.3) is 0 Å². The van der Waals surface area contributed by atoms with Gasteiger partial charge in [0.15, 0.2) is 0 Å². The predicted octanol–water partition coefficient (Wildman–Crippen LogP) is 3.74. The van der Waals surface area contributed by atoms with Crippen molar-refractivity contribution in [3.8, 4) is 12.3 Å². The zero-order valence-corrected chi connectivity index (χ0v) is 13.2. The normalized spacial score (nSPS) is 18.7. The van der Waals surface area contributed by atoms with Crippen molar-refractivity contribution >= 4 is 23.2 Å². The van der Waals surface area contributed by atoms with E-state index in [9.17, 15) is 0 Å². The number of nitrogens with one attached hydrogen (secondary N) is 1. The minimum atomic E-state index is 0.272. The van der Waals surface area contributed by atoms with E-state index in [0.717, 1.165) is 32.5 Å². The van der Waals surface area contributed by atoms with Gasteiger partial charge in [-0.1, -0.05) is 35.2 Å². The first-order valence-corrected chi connectivity index (χ1v) is 7.72. The second kappa shape index (κ2) is 7.33. The first kappa shape index (κ1) is 15.7. The summed E-state index contributed by atoms with van der Waals surface area (Å²) in [6, 6.07) is 6.63. The number of terminal acetylenes is 1. The van der Waals surface area contributed by atoms with Gasteiger partial charge in [-0.25, -0.2) is 0 Å². The topological polar surface area (TPSA) is 15.3 Å². The molecule has 2 rings (SSSR count). The Bertz CT molecular complexity index is 488. The number of rotatable bonds is 4. The number of hydrogen-bond acceptors (Lipinski definition) is 2. The zero-order valence-electron chi connectivity index (χ0n) is 11.7.